The van der Waals surface area contributed by atoms with Crippen molar-refractivity contribution in [2.24, 2.45) is 0 Å². The second-order valence-corrected chi connectivity index (χ2v) is 1.58. The van der Waals surface area contributed by atoms with Gasteiger partial charge in [-0.3, -0.25) is 0 Å². The molecule has 30 valence electrons. The highest BCUT2D eigenvalue weighted by Crippen LogP contribution is 2.41. The molecule has 0 aromatic heterocycles. The fourth-order valence-corrected chi connectivity index (χ4v) is 0.628. The van der Waals surface area contributed by atoms with Crippen LogP contribution in [0.4, 0.5) is 0 Å². The molecule has 0 saturated carbocycles. The van der Waals surface area contributed by atoms with E-state index in [9.17, 15) is 0 Å². The molecule has 0 radical (unpaired) electrons. The third-order valence-corrected chi connectivity index (χ3v) is 1.10. The number of hydrogen-bond acceptors (Lipinski definition) is 1. The molecule has 0 N–H and O–H groups in total. The maximum absolute atomic E-state index is 4.95. The molecule has 0 aromatic carbocycles. The molecule has 0 aromatic rings. The summed E-state index contributed by atoms with van der Waals surface area (Å²) in [4.78, 5) is 0. The van der Waals surface area contributed by atoms with Gasteiger partial charge in [0, 0.05) is 0 Å². The van der Waals surface area contributed by atoms with Crippen molar-refractivity contribution < 1.29 is 4.42 Å². The number of rotatable bonds is 0. The fourth-order valence-electron chi connectivity index (χ4n) is 0.628. The second-order valence-electron chi connectivity index (χ2n) is 1.58. The van der Waals surface area contributed by atoms with Gasteiger partial charge >= 0.3 is 0 Å². The van der Waals surface area contributed by atoms with Gasteiger partial charge in [0.05, 0.1) is 5.56 Å². The Balaban J connectivity index is 2.83. The monoisotopic (exact) mass is 80.0 g/mol. The highest BCUT2D eigenvalue weighted by molar-refractivity contribution is 5.78. The average Bonchev–Trinajstić information content (AvgIpc) is 2.12. The van der Waals surface area contributed by atoms with Crippen LogP contribution in [0, 0.1) is 6.92 Å². The second kappa shape index (κ2) is 0.436. The summed E-state index contributed by atoms with van der Waals surface area (Å²) in [5.41, 5.74) is 1.34. The van der Waals surface area contributed by atoms with Crippen LogP contribution in [-0.4, -0.2) is 0 Å². The quantitative estimate of drug-likeness (QED) is 0.468. The van der Waals surface area contributed by atoms with E-state index in [0.717, 1.165) is 11.5 Å². The van der Waals surface area contributed by atoms with Gasteiger partial charge in [-0.15, -0.1) is 0 Å². The topological polar surface area (TPSA) is 13.1 Å². The Kier molecular flexibility index (Phi) is 0.178. The van der Waals surface area contributed by atoms with Gasteiger partial charge in [0.2, 0.25) is 0 Å². The number of fused-ring (bicyclic) bond motifs is 1. The van der Waals surface area contributed by atoms with E-state index in [1.165, 1.54) is 5.56 Å². The Morgan fingerprint density at radius 1 is 1.67 bits per heavy atom. The predicted molar refractivity (Wildman–Crippen MR) is 22.4 cm³/mol. The van der Waals surface area contributed by atoms with Gasteiger partial charge < -0.3 is 4.42 Å². The molecular weight excluding hydrogens is 76.1 g/mol. The molecule has 0 atom stereocenters. The third-order valence-electron chi connectivity index (χ3n) is 1.10. The molecule has 1 aliphatic carbocycles. The van der Waals surface area contributed by atoms with E-state index >= 15 is 0 Å². The van der Waals surface area contributed by atoms with E-state index < -0.39 is 0 Å². The molecule has 1 heterocycles. The van der Waals surface area contributed by atoms with Crippen molar-refractivity contribution in [2.45, 2.75) is 6.92 Å². The van der Waals surface area contributed by atoms with E-state index in [-0.39, 0.29) is 0 Å². The van der Waals surface area contributed by atoms with Crippen LogP contribution in [0.3, 0.4) is 0 Å². The summed E-state index contributed by atoms with van der Waals surface area (Å²) >= 11 is 0. The fraction of sp³-hybridized carbons (Fsp3) is 0.200. The molecule has 6 heavy (non-hydrogen) atoms. The smallest absolute Gasteiger partial charge is 0.138 e. The zero-order chi connectivity index (χ0) is 4.15. The van der Waals surface area contributed by atoms with Crippen LogP contribution >= 0.6 is 0 Å². The van der Waals surface area contributed by atoms with E-state index in [1.54, 1.807) is 0 Å². The van der Waals surface area contributed by atoms with Gasteiger partial charge in [-0.05, 0) is 13.0 Å². The minimum absolute atomic E-state index is 1.09. The standard InChI is InChI=1S/C5H4O/c1-3-4-2-5(4)6-3/h2H,1H3. The van der Waals surface area contributed by atoms with E-state index in [2.05, 4.69) is 0 Å². The molecular formula is C5H4O. The van der Waals surface area contributed by atoms with Gasteiger partial charge in [-0.1, -0.05) is 0 Å². The molecule has 1 nitrogen and oxygen atoms in total. The van der Waals surface area contributed by atoms with Crippen LogP contribution < -0.4 is 0 Å². The van der Waals surface area contributed by atoms with Gasteiger partial charge in [-0.2, -0.15) is 0 Å². The first-order valence-corrected chi connectivity index (χ1v) is 1.99. The van der Waals surface area contributed by atoms with Crippen molar-refractivity contribution >= 4 is 0 Å². The van der Waals surface area contributed by atoms with Crippen molar-refractivity contribution in [3.63, 3.8) is 0 Å². The number of aryl methyl sites for hydroxylation is 1. The first-order valence-electron chi connectivity index (χ1n) is 1.99. The molecule has 1 heteroatoms. The van der Waals surface area contributed by atoms with Crippen LogP contribution in [0.5, 0.6) is 0 Å². The SMILES string of the molecule is Cc1oc2cc1-2. The molecule has 0 saturated heterocycles. The summed E-state index contributed by atoms with van der Waals surface area (Å²) in [6.45, 7) is 1.97. The summed E-state index contributed by atoms with van der Waals surface area (Å²) < 4.78 is 4.95. The number of furan rings is 1. The third kappa shape index (κ3) is 0.0967. The lowest BCUT2D eigenvalue weighted by Gasteiger charge is -1.91. The molecule has 0 amide bonds. The van der Waals surface area contributed by atoms with Crippen LogP contribution in [0.15, 0.2) is 10.5 Å². The van der Waals surface area contributed by atoms with Gasteiger partial charge in [0.1, 0.15) is 11.5 Å². The van der Waals surface area contributed by atoms with Crippen LogP contribution in [0.2, 0.25) is 0 Å². The molecule has 0 fully saturated rings. The average molecular weight is 80.1 g/mol. The minimum Gasteiger partial charge on any atom is -0.460 e. The van der Waals surface area contributed by atoms with Crippen molar-refractivity contribution in [1.29, 1.82) is 0 Å². The summed E-state index contributed by atoms with van der Waals surface area (Å²) in [7, 11) is 0. The Bertz CT molecular complexity index is 186. The normalized spacial score (nSPS) is 12.2. The minimum atomic E-state index is 1.09. The summed E-state index contributed by atoms with van der Waals surface area (Å²) in [6.07, 6.45) is 0. The summed E-state index contributed by atoms with van der Waals surface area (Å²) in [5, 5.41) is 0. The molecule has 0 bridgehead atoms. The van der Waals surface area contributed by atoms with Crippen molar-refractivity contribution in [2.75, 3.05) is 0 Å². The van der Waals surface area contributed by atoms with Crippen LogP contribution in [-0.2, 0) is 0 Å². The largest absolute Gasteiger partial charge is 0.460 e. The molecule has 2 rings (SSSR count). The first-order chi connectivity index (χ1) is 2.88. The van der Waals surface area contributed by atoms with E-state index in [4.69, 9.17) is 4.42 Å². The molecule has 0 unspecified atom stereocenters. The zero-order valence-electron chi connectivity index (χ0n) is 3.49. The summed E-state index contributed by atoms with van der Waals surface area (Å²) in [6, 6.07) is 2.04. The Morgan fingerprint density at radius 3 is 2.50 bits per heavy atom. The van der Waals surface area contributed by atoms with Gasteiger partial charge in [0.15, 0.2) is 0 Å². The maximum Gasteiger partial charge on any atom is 0.138 e. The zero-order valence-corrected chi connectivity index (χ0v) is 3.49. The van der Waals surface area contributed by atoms with Crippen molar-refractivity contribution in [1.82, 2.24) is 0 Å². The highest BCUT2D eigenvalue weighted by atomic mass is 16.4. The van der Waals surface area contributed by atoms with E-state index in [1.807, 2.05) is 13.0 Å². The first kappa shape index (κ1) is 2.45. The number of hydrogen-bond donors (Lipinski definition) is 0. The lowest BCUT2D eigenvalue weighted by molar-refractivity contribution is 0.519. The van der Waals surface area contributed by atoms with Crippen molar-refractivity contribution in [3.05, 3.63) is 11.8 Å². The lowest BCUT2D eigenvalue weighted by atomic mass is 10.4. The molecule has 2 aliphatic rings. The van der Waals surface area contributed by atoms with Gasteiger partial charge in [0.25, 0.3) is 0 Å². The Hall–Kier alpha value is -0.720. The molecule has 0 spiro atoms. The van der Waals surface area contributed by atoms with Crippen molar-refractivity contribution in [3.8, 4) is 11.3 Å². The lowest BCUT2D eigenvalue weighted by Crippen LogP contribution is -1.69. The molecule has 1 aliphatic heterocycles. The predicted octanol–water partition coefficient (Wildman–Crippen LogP) is 1.57. The van der Waals surface area contributed by atoms with Crippen LogP contribution in [0.1, 0.15) is 5.76 Å². The highest BCUT2D eigenvalue weighted by Gasteiger charge is 2.23. The summed E-state index contributed by atoms with van der Waals surface area (Å²) in [5.74, 6) is 2.19. The Labute approximate surface area is 35.6 Å². The van der Waals surface area contributed by atoms with Crippen LogP contribution in [0.25, 0.3) is 11.3 Å². The maximum atomic E-state index is 4.95. The van der Waals surface area contributed by atoms with Gasteiger partial charge in [-0.25, -0.2) is 0 Å². The van der Waals surface area contributed by atoms with E-state index in [0.29, 0.717) is 0 Å². The Morgan fingerprint density at radius 2 is 2.50 bits per heavy atom.